The molecule has 0 radical (unpaired) electrons. The van der Waals surface area contributed by atoms with Crippen LogP contribution in [-0.2, 0) is 14.8 Å². The molecule has 0 spiro atoms. The second-order valence-electron chi connectivity index (χ2n) is 6.43. The third kappa shape index (κ3) is 5.63. The van der Waals surface area contributed by atoms with Gasteiger partial charge in [0.25, 0.3) is 5.91 Å². The van der Waals surface area contributed by atoms with Crippen molar-refractivity contribution in [2.24, 2.45) is 5.92 Å². The van der Waals surface area contributed by atoms with Crippen molar-refractivity contribution in [3.05, 3.63) is 65.7 Å². The van der Waals surface area contributed by atoms with Gasteiger partial charge in [0.05, 0.1) is 4.90 Å². The van der Waals surface area contributed by atoms with Gasteiger partial charge in [-0.2, -0.15) is 0 Å². The first-order valence-corrected chi connectivity index (χ1v) is 9.87. The van der Waals surface area contributed by atoms with E-state index in [2.05, 4.69) is 10.0 Å². The molecule has 0 aromatic heterocycles. The summed E-state index contributed by atoms with van der Waals surface area (Å²) in [5.74, 6) is -1.63. The Labute approximate surface area is 158 Å². The van der Waals surface area contributed by atoms with E-state index < -0.39 is 27.9 Å². The fourth-order valence-electron chi connectivity index (χ4n) is 2.29. The van der Waals surface area contributed by atoms with Crippen molar-refractivity contribution in [1.29, 1.82) is 0 Å². The van der Waals surface area contributed by atoms with Gasteiger partial charge >= 0.3 is 5.97 Å². The van der Waals surface area contributed by atoms with Crippen LogP contribution in [0.3, 0.4) is 0 Å². The number of rotatable bonds is 8. The second kappa shape index (κ2) is 8.79. The van der Waals surface area contributed by atoms with E-state index in [-0.39, 0.29) is 16.4 Å². The van der Waals surface area contributed by atoms with Gasteiger partial charge in [-0.05, 0) is 35.7 Å². The largest absolute Gasteiger partial charge is 0.479 e. The van der Waals surface area contributed by atoms with E-state index in [1.165, 1.54) is 24.3 Å². The predicted octanol–water partition coefficient (Wildman–Crippen LogP) is 2.18. The Bertz CT molecular complexity index is 893. The Kier molecular flexibility index (Phi) is 6.70. The zero-order valence-electron chi connectivity index (χ0n) is 15.0. The lowest BCUT2D eigenvalue weighted by Gasteiger charge is -2.15. The summed E-state index contributed by atoms with van der Waals surface area (Å²) >= 11 is 0. The van der Waals surface area contributed by atoms with Crippen LogP contribution in [0.15, 0.2) is 59.5 Å². The number of hydrogen-bond acceptors (Lipinski definition) is 4. The molecule has 0 bridgehead atoms. The van der Waals surface area contributed by atoms with E-state index in [4.69, 9.17) is 0 Å². The summed E-state index contributed by atoms with van der Waals surface area (Å²) in [7, 11) is -3.65. The maximum atomic E-state index is 12.4. The third-order valence-corrected chi connectivity index (χ3v) is 5.20. The van der Waals surface area contributed by atoms with Crippen LogP contribution >= 0.6 is 0 Å². The summed E-state index contributed by atoms with van der Waals surface area (Å²) in [5, 5.41) is 11.8. The average molecular weight is 390 g/mol. The Morgan fingerprint density at radius 2 is 1.59 bits per heavy atom. The number of carboxylic acids is 1. The van der Waals surface area contributed by atoms with Crippen LogP contribution in [0.5, 0.6) is 0 Å². The Morgan fingerprint density at radius 3 is 2.11 bits per heavy atom. The monoisotopic (exact) mass is 390 g/mol. The van der Waals surface area contributed by atoms with E-state index in [0.717, 1.165) is 0 Å². The van der Waals surface area contributed by atoms with E-state index in [0.29, 0.717) is 12.1 Å². The average Bonchev–Trinajstić information content (AvgIpc) is 2.65. The van der Waals surface area contributed by atoms with Crippen molar-refractivity contribution in [3.63, 3.8) is 0 Å². The molecule has 0 saturated carbocycles. The maximum absolute atomic E-state index is 12.4. The highest BCUT2D eigenvalue weighted by Crippen LogP contribution is 2.15. The highest BCUT2D eigenvalue weighted by atomic mass is 32.2. The van der Waals surface area contributed by atoms with Gasteiger partial charge in [-0.3, -0.25) is 4.79 Å². The summed E-state index contributed by atoms with van der Waals surface area (Å²) in [4.78, 5) is 23.9. The molecule has 2 aromatic carbocycles. The zero-order chi connectivity index (χ0) is 20.0. The van der Waals surface area contributed by atoms with Crippen LogP contribution < -0.4 is 10.0 Å². The van der Waals surface area contributed by atoms with Crippen LogP contribution in [0.4, 0.5) is 0 Å². The van der Waals surface area contributed by atoms with Crippen molar-refractivity contribution < 1.29 is 23.1 Å². The van der Waals surface area contributed by atoms with Gasteiger partial charge < -0.3 is 10.4 Å². The van der Waals surface area contributed by atoms with Gasteiger partial charge in [-0.15, -0.1) is 0 Å². The molecule has 8 heteroatoms. The molecule has 0 aliphatic rings. The van der Waals surface area contributed by atoms with Crippen molar-refractivity contribution >= 4 is 21.9 Å². The molecule has 2 rings (SSSR count). The zero-order valence-corrected chi connectivity index (χ0v) is 15.9. The summed E-state index contributed by atoms with van der Waals surface area (Å²) in [6.45, 7) is 4.09. The smallest absolute Gasteiger partial charge is 0.330 e. The summed E-state index contributed by atoms with van der Waals surface area (Å²) in [6, 6.07) is 12.5. The lowest BCUT2D eigenvalue weighted by Crippen LogP contribution is -2.33. The van der Waals surface area contributed by atoms with Crippen molar-refractivity contribution in [2.45, 2.75) is 24.8 Å². The minimum Gasteiger partial charge on any atom is -0.479 e. The van der Waals surface area contributed by atoms with Gasteiger partial charge in [0.2, 0.25) is 10.0 Å². The number of carbonyl (C=O) groups excluding carboxylic acids is 1. The predicted molar refractivity (Wildman–Crippen MR) is 101 cm³/mol. The molecule has 7 nitrogen and oxygen atoms in total. The van der Waals surface area contributed by atoms with Crippen molar-refractivity contribution in [1.82, 2.24) is 10.0 Å². The summed E-state index contributed by atoms with van der Waals surface area (Å²) in [5.41, 5.74) is 0.607. The van der Waals surface area contributed by atoms with Gasteiger partial charge in [0.1, 0.15) is 0 Å². The van der Waals surface area contributed by atoms with Crippen molar-refractivity contribution in [3.8, 4) is 0 Å². The fourth-order valence-corrected chi connectivity index (χ4v) is 3.51. The molecule has 1 atom stereocenters. The van der Waals surface area contributed by atoms with Crippen LogP contribution in [0.2, 0.25) is 0 Å². The number of benzene rings is 2. The third-order valence-electron chi connectivity index (χ3n) is 3.76. The van der Waals surface area contributed by atoms with Gasteiger partial charge in [-0.25, -0.2) is 17.9 Å². The molecular weight excluding hydrogens is 368 g/mol. The molecule has 1 amide bonds. The van der Waals surface area contributed by atoms with Crippen LogP contribution in [0.25, 0.3) is 0 Å². The molecule has 0 aliphatic carbocycles. The fraction of sp³-hybridized carbons (Fsp3) is 0.263. The number of carbonyl (C=O) groups is 2. The maximum Gasteiger partial charge on any atom is 0.330 e. The minimum atomic E-state index is -3.65. The van der Waals surface area contributed by atoms with Gasteiger partial charge in [-0.1, -0.05) is 44.2 Å². The number of nitrogens with one attached hydrogen (secondary N) is 2. The molecular formula is C19H22N2O5S. The molecule has 0 heterocycles. The lowest BCUT2D eigenvalue weighted by atomic mass is 10.1. The summed E-state index contributed by atoms with van der Waals surface area (Å²) in [6.07, 6.45) is 0. The summed E-state index contributed by atoms with van der Waals surface area (Å²) < 4.78 is 26.8. The standard InChI is InChI=1S/C19H22N2O5S/c1-13(2)12-20-27(25,26)16-10-8-15(9-11-16)18(22)21-17(19(23)24)14-6-4-3-5-7-14/h3-11,13,17,20H,12H2,1-2H3,(H,21,22)(H,23,24)/t17-/m0/s1. The Hall–Kier alpha value is -2.71. The molecule has 0 aliphatic heterocycles. The minimum absolute atomic E-state index is 0.0394. The quantitative estimate of drug-likeness (QED) is 0.639. The van der Waals surface area contributed by atoms with E-state index in [9.17, 15) is 23.1 Å². The van der Waals surface area contributed by atoms with Crippen LogP contribution in [-0.4, -0.2) is 31.9 Å². The molecule has 0 fully saturated rings. The molecule has 0 saturated heterocycles. The first-order valence-electron chi connectivity index (χ1n) is 8.39. The highest BCUT2D eigenvalue weighted by Gasteiger charge is 2.23. The number of sulfonamides is 1. The van der Waals surface area contributed by atoms with E-state index >= 15 is 0 Å². The number of aliphatic carboxylic acids is 1. The molecule has 27 heavy (non-hydrogen) atoms. The first-order chi connectivity index (χ1) is 12.7. The highest BCUT2D eigenvalue weighted by molar-refractivity contribution is 7.89. The molecule has 144 valence electrons. The van der Waals surface area contributed by atoms with Gasteiger partial charge in [0.15, 0.2) is 6.04 Å². The first kappa shape index (κ1) is 20.6. The normalized spacial score (nSPS) is 12.6. The van der Waals surface area contributed by atoms with Crippen molar-refractivity contribution in [2.75, 3.05) is 6.54 Å². The topological polar surface area (TPSA) is 113 Å². The molecule has 3 N–H and O–H groups in total. The van der Waals surface area contributed by atoms with Crippen LogP contribution in [0, 0.1) is 5.92 Å². The Morgan fingerprint density at radius 1 is 1.00 bits per heavy atom. The number of hydrogen-bond donors (Lipinski definition) is 3. The van der Waals surface area contributed by atoms with E-state index in [1.54, 1.807) is 30.3 Å². The van der Waals surface area contributed by atoms with Crippen LogP contribution in [0.1, 0.15) is 35.8 Å². The molecule has 0 unspecified atom stereocenters. The SMILES string of the molecule is CC(C)CNS(=O)(=O)c1ccc(C(=O)N[C@H](C(=O)O)c2ccccc2)cc1. The second-order valence-corrected chi connectivity index (χ2v) is 8.19. The van der Waals surface area contributed by atoms with Gasteiger partial charge in [0, 0.05) is 12.1 Å². The van der Waals surface area contributed by atoms with E-state index in [1.807, 2.05) is 13.8 Å². The Balaban J connectivity index is 2.14. The lowest BCUT2D eigenvalue weighted by molar-refractivity contribution is -0.139. The molecule has 2 aromatic rings. The number of amides is 1. The number of carboxylic acid groups (broad SMARTS) is 1.